The first-order valence-corrected chi connectivity index (χ1v) is 5.92. The Labute approximate surface area is 105 Å². The first kappa shape index (κ1) is 12.3. The van der Waals surface area contributed by atoms with Crippen molar-refractivity contribution < 1.29 is 4.79 Å². The molecule has 1 amide bonds. The van der Waals surface area contributed by atoms with Crippen LogP contribution in [0.5, 0.6) is 0 Å². The van der Waals surface area contributed by atoms with E-state index in [1.165, 1.54) is 0 Å². The van der Waals surface area contributed by atoms with Crippen LogP contribution in [0, 0.1) is 0 Å². The molecule has 0 saturated heterocycles. The molecule has 6 heteroatoms. The van der Waals surface area contributed by atoms with Crippen molar-refractivity contribution in [3.05, 3.63) is 35.4 Å². The molecule has 0 unspecified atom stereocenters. The molecular weight excluding hydrogens is 230 g/mol. The molecule has 0 saturated carbocycles. The number of carbonyl (C=O) groups is 1. The smallest absolute Gasteiger partial charge is 0.272 e. The number of carbonyl (C=O) groups excluding carboxylic acids is 1. The molecule has 96 valence electrons. The predicted molar refractivity (Wildman–Crippen MR) is 67.1 cm³/mol. The van der Waals surface area contributed by atoms with E-state index < -0.39 is 0 Å². The third kappa shape index (κ3) is 2.58. The Kier molecular flexibility index (Phi) is 3.45. The highest BCUT2D eigenvalue weighted by Gasteiger charge is 2.15. The van der Waals surface area contributed by atoms with E-state index in [4.69, 9.17) is 0 Å². The van der Waals surface area contributed by atoms with Crippen LogP contribution in [-0.4, -0.2) is 26.3 Å². The summed E-state index contributed by atoms with van der Waals surface area (Å²) in [4.78, 5) is 12.0. The maximum Gasteiger partial charge on any atom is 0.272 e. The van der Waals surface area contributed by atoms with Gasteiger partial charge >= 0.3 is 0 Å². The minimum Gasteiger partial charge on any atom is -0.344 e. The summed E-state index contributed by atoms with van der Waals surface area (Å²) in [5, 5.41) is 16.3. The van der Waals surface area contributed by atoms with Crippen molar-refractivity contribution in [1.29, 1.82) is 0 Å². The van der Waals surface area contributed by atoms with Crippen LogP contribution in [0.25, 0.3) is 0 Å². The van der Waals surface area contributed by atoms with E-state index in [0.29, 0.717) is 11.6 Å². The Morgan fingerprint density at radius 1 is 1.39 bits per heavy atom. The predicted octanol–water partition coefficient (Wildman–Crippen LogP) is 1.75. The zero-order chi connectivity index (χ0) is 13.1. The standard InChI is InChI=1S/C12H17N5O/c1-7(2)10-4-11(17-16-10)12(18)15-8(3)9-5-13-14-6-9/h4-8H,1-3H3,(H,13,14)(H,15,18)(H,16,17)/t8-/m0/s1. The largest absolute Gasteiger partial charge is 0.344 e. The monoisotopic (exact) mass is 247 g/mol. The molecule has 0 bridgehead atoms. The highest BCUT2D eigenvalue weighted by molar-refractivity contribution is 5.92. The first-order chi connectivity index (χ1) is 8.58. The van der Waals surface area contributed by atoms with Gasteiger partial charge in [0.2, 0.25) is 0 Å². The summed E-state index contributed by atoms with van der Waals surface area (Å²) in [5.41, 5.74) is 2.30. The number of H-pyrrole nitrogens is 2. The van der Waals surface area contributed by atoms with Gasteiger partial charge in [-0.15, -0.1) is 0 Å². The van der Waals surface area contributed by atoms with E-state index in [1.807, 2.05) is 20.8 Å². The third-order valence-electron chi connectivity index (χ3n) is 2.82. The molecule has 2 aromatic heterocycles. The van der Waals surface area contributed by atoms with Gasteiger partial charge in [-0.25, -0.2) is 0 Å². The summed E-state index contributed by atoms with van der Waals surface area (Å²) in [6.45, 7) is 5.99. The number of hydrogen-bond acceptors (Lipinski definition) is 3. The lowest BCUT2D eigenvalue weighted by Gasteiger charge is -2.10. The van der Waals surface area contributed by atoms with Crippen molar-refractivity contribution in [1.82, 2.24) is 25.7 Å². The van der Waals surface area contributed by atoms with Gasteiger partial charge in [-0.1, -0.05) is 13.8 Å². The Morgan fingerprint density at radius 2 is 2.17 bits per heavy atom. The molecule has 2 rings (SSSR count). The minimum atomic E-state index is -0.188. The number of aromatic nitrogens is 4. The highest BCUT2D eigenvalue weighted by Crippen LogP contribution is 2.13. The summed E-state index contributed by atoms with van der Waals surface area (Å²) in [7, 11) is 0. The van der Waals surface area contributed by atoms with E-state index >= 15 is 0 Å². The number of aromatic amines is 2. The van der Waals surface area contributed by atoms with Gasteiger partial charge < -0.3 is 5.32 Å². The van der Waals surface area contributed by atoms with Crippen molar-refractivity contribution >= 4 is 5.91 Å². The van der Waals surface area contributed by atoms with Crippen LogP contribution < -0.4 is 5.32 Å². The fourth-order valence-corrected chi connectivity index (χ4v) is 1.60. The van der Waals surface area contributed by atoms with E-state index in [9.17, 15) is 4.79 Å². The third-order valence-corrected chi connectivity index (χ3v) is 2.82. The Morgan fingerprint density at radius 3 is 2.72 bits per heavy atom. The molecule has 3 N–H and O–H groups in total. The lowest BCUT2D eigenvalue weighted by molar-refractivity contribution is 0.0935. The van der Waals surface area contributed by atoms with Gasteiger partial charge in [0.1, 0.15) is 5.69 Å². The van der Waals surface area contributed by atoms with Crippen LogP contribution in [-0.2, 0) is 0 Å². The summed E-state index contributed by atoms with van der Waals surface area (Å²) in [6.07, 6.45) is 3.45. The maximum absolute atomic E-state index is 12.0. The molecule has 18 heavy (non-hydrogen) atoms. The molecule has 2 heterocycles. The number of hydrogen-bond donors (Lipinski definition) is 3. The van der Waals surface area contributed by atoms with Crippen LogP contribution in [0.2, 0.25) is 0 Å². The second-order valence-electron chi connectivity index (χ2n) is 4.59. The summed E-state index contributed by atoms with van der Waals surface area (Å²) in [5.74, 6) is 0.136. The van der Waals surface area contributed by atoms with Crippen molar-refractivity contribution in [2.45, 2.75) is 32.7 Å². The quantitative estimate of drug-likeness (QED) is 0.769. The molecule has 6 nitrogen and oxygen atoms in total. The lowest BCUT2D eigenvalue weighted by Crippen LogP contribution is -2.26. The second kappa shape index (κ2) is 5.03. The zero-order valence-corrected chi connectivity index (χ0v) is 10.7. The summed E-state index contributed by atoms with van der Waals surface area (Å²) in [6, 6.07) is 1.68. The van der Waals surface area contributed by atoms with Gasteiger partial charge in [0.05, 0.1) is 12.2 Å². The van der Waals surface area contributed by atoms with Crippen LogP contribution in [0.3, 0.4) is 0 Å². The molecule has 0 radical (unpaired) electrons. The van der Waals surface area contributed by atoms with Crippen LogP contribution in [0.15, 0.2) is 18.5 Å². The second-order valence-corrected chi connectivity index (χ2v) is 4.59. The molecule has 1 atom stereocenters. The van der Waals surface area contributed by atoms with Gasteiger partial charge in [0, 0.05) is 17.5 Å². The van der Waals surface area contributed by atoms with Crippen molar-refractivity contribution in [3.63, 3.8) is 0 Å². The van der Waals surface area contributed by atoms with Gasteiger partial charge in [-0.2, -0.15) is 10.2 Å². The highest BCUT2D eigenvalue weighted by atomic mass is 16.2. The number of rotatable bonds is 4. The summed E-state index contributed by atoms with van der Waals surface area (Å²) >= 11 is 0. The average Bonchev–Trinajstić information content (AvgIpc) is 3.00. The van der Waals surface area contributed by atoms with Crippen molar-refractivity contribution in [2.24, 2.45) is 0 Å². The van der Waals surface area contributed by atoms with Crippen LogP contribution in [0.4, 0.5) is 0 Å². The SMILES string of the molecule is CC(C)c1cc(C(=O)N[C@@H](C)c2cn[nH]c2)n[nH]1. The average molecular weight is 247 g/mol. The molecule has 0 spiro atoms. The molecule has 2 aromatic rings. The number of amides is 1. The van der Waals surface area contributed by atoms with E-state index in [1.54, 1.807) is 18.5 Å². The lowest BCUT2D eigenvalue weighted by atomic mass is 10.1. The van der Waals surface area contributed by atoms with Crippen LogP contribution in [0.1, 0.15) is 54.5 Å². The molecule has 0 aliphatic carbocycles. The molecule has 0 aliphatic heterocycles. The van der Waals surface area contributed by atoms with Gasteiger partial charge in [0.25, 0.3) is 5.91 Å². The van der Waals surface area contributed by atoms with E-state index in [2.05, 4.69) is 25.7 Å². The van der Waals surface area contributed by atoms with Gasteiger partial charge in [-0.3, -0.25) is 15.0 Å². The normalized spacial score (nSPS) is 12.7. The van der Waals surface area contributed by atoms with Gasteiger partial charge in [-0.05, 0) is 18.9 Å². The number of nitrogens with one attached hydrogen (secondary N) is 3. The van der Waals surface area contributed by atoms with E-state index in [0.717, 1.165) is 11.3 Å². The molecule has 0 fully saturated rings. The van der Waals surface area contributed by atoms with Gasteiger partial charge in [0.15, 0.2) is 0 Å². The fourth-order valence-electron chi connectivity index (χ4n) is 1.60. The maximum atomic E-state index is 12.0. The first-order valence-electron chi connectivity index (χ1n) is 5.92. The molecule has 0 aliphatic rings. The van der Waals surface area contributed by atoms with Crippen LogP contribution >= 0.6 is 0 Å². The Balaban J connectivity index is 2.03. The van der Waals surface area contributed by atoms with E-state index in [-0.39, 0.29) is 11.9 Å². The number of nitrogens with zero attached hydrogens (tertiary/aromatic N) is 2. The Bertz CT molecular complexity index is 514. The summed E-state index contributed by atoms with van der Waals surface area (Å²) < 4.78 is 0. The van der Waals surface area contributed by atoms with Crippen molar-refractivity contribution in [3.8, 4) is 0 Å². The minimum absolute atomic E-state index is 0.101. The fraction of sp³-hybridized carbons (Fsp3) is 0.417. The molecular formula is C12H17N5O. The Hall–Kier alpha value is -2.11. The topological polar surface area (TPSA) is 86.5 Å². The molecule has 0 aromatic carbocycles. The van der Waals surface area contributed by atoms with Crippen molar-refractivity contribution in [2.75, 3.05) is 0 Å². The zero-order valence-electron chi connectivity index (χ0n) is 10.7.